The molecule has 1 heterocycles. The first-order valence-electron chi connectivity index (χ1n) is 11.7. The summed E-state index contributed by atoms with van der Waals surface area (Å²) in [6, 6.07) is 15.4. The third kappa shape index (κ3) is 6.36. The van der Waals surface area contributed by atoms with Crippen LogP contribution in [0.25, 0.3) is 11.4 Å². The van der Waals surface area contributed by atoms with E-state index in [2.05, 4.69) is 20.7 Å². The van der Waals surface area contributed by atoms with Gasteiger partial charge in [-0.05, 0) is 86.1 Å². The Bertz CT molecular complexity index is 1430. The maximum absolute atomic E-state index is 14.3. The van der Waals surface area contributed by atoms with Gasteiger partial charge < -0.3 is 10.4 Å². The summed E-state index contributed by atoms with van der Waals surface area (Å²) in [5.74, 6) is -2.00. The van der Waals surface area contributed by atoms with Gasteiger partial charge in [-0.2, -0.15) is 4.80 Å². The van der Waals surface area contributed by atoms with Crippen LogP contribution in [0.4, 0.5) is 14.5 Å². The zero-order chi connectivity index (χ0) is 27.4. The number of anilines is 1. The zero-order valence-corrected chi connectivity index (χ0v) is 21.0. The highest BCUT2D eigenvalue weighted by Crippen LogP contribution is 2.30. The molecular formula is C27H26F2N6O3. The third-order valence-corrected chi connectivity index (χ3v) is 5.40. The van der Waals surface area contributed by atoms with E-state index >= 15 is 0 Å². The number of amides is 2. The van der Waals surface area contributed by atoms with Crippen LogP contribution in [0.2, 0.25) is 0 Å². The molecule has 0 bridgehead atoms. The minimum atomic E-state index is -1.22. The van der Waals surface area contributed by atoms with Gasteiger partial charge >= 0.3 is 0 Å². The second kappa shape index (κ2) is 10.8. The smallest absolute Gasteiger partial charge is 0.251 e. The molecule has 9 nitrogen and oxygen atoms in total. The molecule has 0 aliphatic carbocycles. The van der Waals surface area contributed by atoms with Crippen LogP contribution in [-0.4, -0.2) is 42.7 Å². The van der Waals surface area contributed by atoms with Crippen LogP contribution in [-0.2, 0) is 16.1 Å². The minimum Gasteiger partial charge on any atom is -0.508 e. The molecule has 3 aromatic carbocycles. The predicted molar refractivity (Wildman–Crippen MR) is 136 cm³/mol. The van der Waals surface area contributed by atoms with Crippen LogP contribution in [0.1, 0.15) is 32.4 Å². The molecule has 11 heteroatoms. The first kappa shape index (κ1) is 26.4. The van der Waals surface area contributed by atoms with Crippen molar-refractivity contribution in [2.24, 2.45) is 0 Å². The van der Waals surface area contributed by atoms with Crippen molar-refractivity contribution in [2.75, 3.05) is 4.90 Å². The summed E-state index contributed by atoms with van der Waals surface area (Å²) in [5.41, 5.74) is 0.385. The van der Waals surface area contributed by atoms with Crippen molar-refractivity contribution >= 4 is 17.5 Å². The van der Waals surface area contributed by atoms with Crippen LogP contribution in [0.5, 0.6) is 5.75 Å². The number of carbonyl (C=O) groups is 2. The van der Waals surface area contributed by atoms with Gasteiger partial charge in [-0.1, -0.05) is 18.2 Å². The summed E-state index contributed by atoms with van der Waals surface area (Å²) in [5, 5.41) is 24.7. The number of rotatable bonds is 7. The molecule has 0 spiro atoms. The van der Waals surface area contributed by atoms with Gasteiger partial charge in [-0.25, -0.2) is 8.78 Å². The lowest BCUT2D eigenvalue weighted by Gasteiger charge is -2.33. The summed E-state index contributed by atoms with van der Waals surface area (Å²) in [4.78, 5) is 29.5. The lowest BCUT2D eigenvalue weighted by Crippen LogP contribution is -2.50. The van der Waals surface area contributed by atoms with E-state index in [0.717, 1.165) is 15.8 Å². The second-order valence-electron chi connectivity index (χ2n) is 9.63. The van der Waals surface area contributed by atoms with E-state index in [1.54, 1.807) is 20.8 Å². The fourth-order valence-electron chi connectivity index (χ4n) is 3.80. The van der Waals surface area contributed by atoms with Crippen LogP contribution >= 0.6 is 0 Å². The average Bonchev–Trinajstić information content (AvgIpc) is 3.30. The Morgan fingerprint density at radius 3 is 2.32 bits per heavy atom. The standard InChI is InChI=1S/C27H26F2N6O3/c1-27(2,3)30-26(38)24(17-9-13-22(36)14-10-17)35(21-6-4-5-20(29)15-21)23(37)16-34-32-25(31-33-34)18-7-11-19(28)12-8-18/h4-15,24,36H,16H2,1-3H3,(H,30,38). The van der Waals surface area contributed by atoms with Crippen LogP contribution in [0, 0.1) is 11.6 Å². The molecule has 0 fully saturated rings. The van der Waals surface area contributed by atoms with E-state index in [1.165, 1.54) is 66.7 Å². The Hall–Kier alpha value is -4.67. The Balaban J connectivity index is 1.74. The lowest BCUT2D eigenvalue weighted by atomic mass is 10.0. The number of hydrogen-bond donors (Lipinski definition) is 2. The largest absolute Gasteiger partial charge is 0.508 e. The van der Waals surface area contributed by atoms with E-state index in [0.29, 0.717) is 11.1 Å². The fraction of sp³-hybridized carbons (Fsp3) is 0.222. The molecule has 4 aromatic rings. The summed E-state index contributed by atoms with van der Waals surface area (Å²) < 4.78 is 27.6. The van der Waals surface area contributed by atoms with Crippen molar-refractivity contribution < 1.29 is 23.5 Å². The normalized spacial score (nSPS) is 12.1. The Kier molecular flexibility index (Phi) is 7.47. The second-order valence-corrected chi connectivity index (χ2v) is 9.63. The molecular weight excluding hydrogens is 494 g/mol. The van der Waals surface area contributed by atoms with E-state index < -0.39 is 41.6 Å². The first-order valence-corrected chi connectivity index (χ1v) is 11.7. The molecule has 196 valence electrons. The number of carbonyl (C=O) groups excluding carboxylic acids is 2. The molecule has 38 heavy (non-hydrogen) atoms. The fourth-order valence-corrected chi connectivity index (χ4v) is 3.80. The van der Waals surface area contributed by atoms with Crippen LogP contribution in [0.15, 0.2) is 72.8 Å². The van der Waals surface area contributed by atoms with Gasteiger partial charge in [0.1, 0.15) is 30.0 Å². The Morgan fingerprint density at radius 1 is 1.00 bits per heavy atom. The molecule has 1 atom stereocenters. The van der Waals surface area contributed by atoms with Crippen molar-refractivity contribution in [3.05, 3.63) is 90.0 Å². The monoisotopic (exact) mass is 520 g/mol. The van der Waals surface area contributed by atoms with E-state index in [4.69, 9.17) is 0 Å². The number of phenols is 1. The van der Waals surface area contributed by atoms with E-state index in [-0.39, 0.29) is 17.3 Å². The predicted octanol–water partition coefficient (Wildman–Crippen LogP) is 4.01. The van der Waals surface area contributed by atoms with Gasteiger partial charge in [-0.3, -0.25) is 14.5 Å². The highest BCUT2D eigenvalue weighted by molar-refractivity contribution is 6.01. The molecule has 4 rings (SSSR count). The Morgan fingerprint density at radius 2 is 1.68 bits per heavy atom. The number of hydrogen-bond acceptors (Lipinski definition) is 6. The lowest BCUT2D eigenvalue weighted by molar-refractivity contribution is -0.128. The van der Waals surface area contributed by atoms with Crippen molar-refractivity contribution in [3.63, 3.8) is 0 Å². The molecule has 0 aliphatic rings. The highest BCUT2D eigenvalue weighted by atomic mass is 19.1. The minimum absolute atomic E-state index is 0.0208. The summed E-state index contributed by atoms with van der Waals surface area (Å²) in [6.07, 6.45) is 0. The third-order valence-electron chi connectivity index (χ3n) is 5.40. The molecule has 1 aromatic heterocycles. The number of tetrazole rings is 1. The van der Waals surface area contributed by atoms with Crippen molar-refractivity contribution in [3.8, 4) is 17.1 Å². The zero-order valence-electron chi connectivity index (χ0n) is 21.0. The summed E-state index contributed by atoms with van der Waals surface area (Å²) in [6.45, 7) is 4.96. The highest BCUT2D eigenvalue weighted by Gasteiger charge is 2.35. The SMILES string of the molecule is CC(C)(C)NC(=O)C(c1ccc(O)cc1)N(C(=O)Cn1nnc(-c2ccc(F)cc2)n1)c1cccc(F)c1. The number of halogens is 2. The van der Waals surface area contributed by atoms with Crippen molar-refractivity contribution in [2.45, 2.75) is 38.9 Å². The number of benzene rings is 3. The molecule has 0 radical (unpaired) electrons. The van der Waals surface area contributed by atoms with E-state index in [1.807, 2.05) is 0 Å². The van der Waals surface area contributed by atoms with Gasteiger partial charge in [0.15, 0.2) is 0 Å². The van der Waals surface area contributed by atoms with E-state index in [9.17, 15) is 23.5 Å². The molecule has 0 aliphatic heterocycles. The molecule has 0 saturated heterocycles. The number of nitrogens with one attached hydrogen (secondary N) is 1. The quantitative estimate of drug-likeness (QED) is 0.381. The van der Waals surface area contributed by atoms with Crippen molar-refractivity contribution in [1.29, 1.82) is 0 Å². The molecule has 0 saturated carbocycles. The van der Waals surface area contributed by atoms with Gasteiger partial charge in [0.2, 0.25) is 11.7 Å². The van der Waals surface area contributed by atoms with Gasteiger partial charge in [0.25, 0.3) is 5.91 Å². The summed E-state index contributed by atoms with van der Waals surface area (Å²) in [7, 11) is 0. The van der Waals surface area contributed by atoms with Gasteiger partial charge in [0.05, 0.1) is 0 Å². The average molecular weight is 521 g/mol. The van der Waals surface area contributed by atoms with Crippen molar-refractivity contribution in [1.82, 2.24) is 25.5 Å². The van der Waals surface area contributed by atoms with Gasteiger partial charge in [0, 0.05) is 16.8 Å². The topological polar surface area (TPSA) is 113 Å². The molecule has 2 amide bonds. The number of aromatic hydroxyl groups is 1. The van der Waals surface area contributed by atoms with Crippen LogP contribution in [0.3, 0.4) is 0 Å². The first-order chi connectivity index (χ1) is 18.0. The van der Waals surface area contributed by atoms with Gasteiger partial charge in [-0.15, -0.1) is 10.2 Å². The maximum atomic E-state index is 14.3. The number of nitrogens with zero attached hydrogens (tertiary/aromatic N) is 5. The summed E-state index contributed by atoms with van der Waals surface area (Å²) >= 11 is 0. The Labute approximate surface area is 217 Å². The molecule has 1 unspecified atom stereocenters. The number of aromatic nitrogens is 4. The molecule has 2 N–H and O–H groups in total. The maximum Gasteiger partial charge on any atom is 0.251 e. The van der Waals surface area contributed by atoms with Crippen LogP contribution < -0.4 is 10.2 Å². The number of phenolic OH excluding ortho intramolecular Hbond substituents is 1.